The van der Waals surface area contributed by atoms with E-state index in [1.165, 1.54) is 0 Å². The maximum Gasteiger partial charge on any atom is 0.302 e. The van der Waals surface area contributed by atoms with E-state index in [2.05, 4.69) is 4.98 Å². The van der Waals surface area contributed by atoms with Crippen LogP contribution in [0, 0.1) is 6.92 Å². The quantitative estimate of drug-likeness (QED) is 0.789. The zero-order valence-electron chi connectivity index (χ0n) is 9.35. The van der Waals surface area contributed by atoms with E-state index in [9.17, 15) is 12.3 Å². The van der Waals surface area contributed by atoms with Crippen molar-refractivity contribution in [3.63, 3.8) is 0 Å². The molecule has 0 spiro atoms. The molecule has 1 aromatic carbocycles. The van der Waals surface area contributed by atoms with Crippen LogP contribution in [0.5, 0.6) is 0 Å². The van der Waals surface area contributed by atoms with Crippen molar-refractivity contribution < 1.29 is 12.3 Å². The van der Waals surface area contributed by atoms with Crippen LogP contribution >= 0.6 is 0 Å². The third kappa shape index (κ3) is 3.00. The Hall–Kier alpha value is -1.49. The second-order valence-electron chi connectivity index (χ2n) is 3.93. The zero-order valence-corrected chi connectivity index (χ0v) is 10.2. The highest BCUT2D eigenvalue weighted by molar-refractivity contribution is 7.86. The SMILES string of the molecule is Cc1cc(CCS(=O)(=O)F)c2ccccc2n1. The zero-order chi connectivity index (χ0) is 12.5. The minimum Gasteiger partial charge on any atom is -0.253 e. The molecular formula is C12H12FNO2S. The van der Waals surface area contributed by atoms with Crippen molar-refractivity contribution in [2.24, 2.45) is 0 Å². The molecule has 0 aliphatic heterocycles. The minimum atomic E-state index is -4.42. The van der Waals surface area contributed by atoms with Crippen molar-refractivity contribution in [3.8, 4) is 0 Å². The number of halogens is 1. The Labute approximate surface area is 99.5 Å². The summed E-state index contributed by atoms with van der Waals surface area (Å²) >= 11 is 0. The van der Waals surface area contributed by atoms with E-state index in [1.807, 2.05) is 31.2 Å². The van der Waals surface area contributed by atoms with Gasteiger partial charge >= 0.3 is 10.2 Å². The van der Waals surface area contributed by atoms with Gasteiger partial charge in [0, 0.05) is 11.1 Å². The third-order valence-electron chi connectivity index (χ3n) is 2.55. The number of aromatic nitrogens is 1. The summed E-state index contributed by atoms with van der Waals surface area (Å²) in [6.45, 7) is 1.83. The molecule has 0 saturated heterocycles. The van der Waals surface area contributed by atoms with Gasteiger partial charge in [-0.05, 0) is 31.0 Å². The molecule has 2 aromatic rings. The van der Waals surface area contributed by atoms with Crippen LogP contribution in [0.2, 0.25) is 0 Å². The monoisotopic (exact) mass is 253 g/mol. The van der Waals surface area contributed by atoms with Gasteiger partial charge in [0.05, 0.1) is 11.3 Å². The van der Waals surface area contributed by atoms with E-state index >= 15 is 0 Å². The van der Waals surface area contributed by atoms with Gasteiger partial charge in [0.1, 0.15) is 0 Å². The smallest absolute Gasteiger partial charge is 0.253 e. The molecule has 0 aliphatic rings. The average molecular weight is 253 g/mol. The first-order chi connectivity index (χ1) is 7.96. The van der Waals surface area contributed by atoms with E-state index < -0.39 is 16.0 Å². The fraction of sp³-hybridized carbons (Fsp3) is 0.250. The molecule has 17 heavy (non-hydrogen) atoms. The molecule has 0 bridgehead atoms. The van der Waals surface area contributed by atoms with Gasteiger partial charge in [0.15, 0.2) is 0 Å². The summed E-state index contributed by atoms with van der Waals surface area (Å²) in [5.74, 6) is -0.486. The van der Waals surface area contributed by atoms with Crippen LogP contribution in [0.1, 0.15) is 11.3 Å². The first kappa shape index (κ1) is 12.0. The van der Waals surface area contributed by atoms with E-state index in [1.54, 1.807) is 6.07 Å². The van der Waals surface area contributed by atoms with Gasteiger partial charge in [-0.1, -0.05) is 18.2 Å². The van der Waals surface area contributed by atoms with Crippen LogP contribution in [0.25, 0.3) is 10.9 Å². The van der Waals surface area contributed by atoms with E-state index in [0.29, 0.717) is 0 Å². The van der Waals surface area contributed by atoms with Crippen LogP contribution < -0.4 is 0 Å². The molecule has 0 amide bonds. The number of nitrogens with zero attached hydrogens (tertiary/aromatic N) is 1. The molecule has 0 atom stereocenters. The Morgan fingerprint density at radius 2 is 2.00 bits per heavy atom. The van der Waals surface area contributed by atoms with Gasteiger partial charge in [-0.25, -0.2) is 0 Å². The van der Waals surface area contributed by atoms with E-state index in [4.69, 9.17) is 0 Å². The summed E-state index contributed by atoms with van der Waals surface area (Å²) in [5, 5.41) is 0.877. The number of benzene rings is 1. The first-order valence-electron chi connectivity index (χ1n) is 5.23. The van der Waals surface area contributed by atoms with Crippen molar-refractivity contribution >= 4 is 21.1 Å². The summed E-state index contributed by atoms with van der Waals surface area (Å²) < 4.78 is 33.6. The van der Waals surface area contributed by atoms with Gasteiger partial charge in [-0.15, -0.1) is 3.89 Å². The summed E-state index contributed by atoms with van der Waals surface area (Å²) in [6.07, 6.45) is 0.169. The summed E-state index contributed by atoms with van der Waals surface area (Å²) in [5.41, 5.74) is 2.42. The number of pyridine rings is 1. The van der Waals surface area contributed by atoms with Crippen molar-refractivity contribution in [1.29, 1.82) is 0 Å². The summed E-state index contributed by atoms with van der Waals surface area (Å²) in [4.78, 5) is 4.34. The number of rotatable bonds is 3. The summed E-state index contributed by atoms with van der Waals surface area (Å²) in [7, 11) is -4.42. The van der Waals surface area contributed by atoms with Crippen molar-refractivity contribution in [2.45, 2.75) is 13.3 Å². The van der Waals surface area contributed by atoms with Gasteiger partial charge in [0.2, 0.25) is 0 Å². The second-order valence-corrected chi connectivity index (χ2v) is 5.42. The Balaban J connectivity index is 2.45. The molecule has 0 unspecified atom stereocenters. The Bertz CT molecular complexity index is 653. The van der Waals surface area contributed by atoms with Crippen LogP contribution in [-0.4, -0.2) is 19.2 Å². The van der Waals surface area contributed by atoms with Gasteiger partial charge in [0.25, 0.3) is 0 Å². The highest BCUT2D eigenvalue weighted by Crippen LogP contribution is 2.19. The molecule has 0 N–H and O–H groups in total. The highest BCUT2D eigenvalue weighted by atomic mass is 32.3. The molecule has 0 aliphatic carbocycles. The molecule has 2 rings (SSSR count). The molecule has 90 valence electrons. The third-order valence-corrected chi connectivity index (χ3v) is 3.24. The lowest BCUT2D eigenvalue weighted by molar-refractivity contribution is 0.551. The Morgan fingerprint density at radius 3 is 2.71 bits per heavy atom. The first-order valence-corrected chi connectivity index (χ1v) is 6.78. The lowest BCUT2D eigenvalue weighted by Crippen LogP contribution is -2.03. The number of hydrogen-bond acceptors (Lipinski definition) is 3. The molecule has 3 nitrogen and oxygen atoms in total. The predicted octanol–water partition coefficient (Wildman–Crippen LogP) is 2.39. The number of fused-ring (bicyclic) bond motifs is 1. The molecule has 1 heterocycles. The Kier molecular flexibility index (Phi) is 3.11. The normalized spacial score (nSPS) is 11.9. The maximum absolute atomic E-state index is 12.5. The molecule has 5 heteroatoms. The number of para-hydroxylation sites is 1. The fourth-order valence-corrected chi connectivity index (χ4v) is 2.30. The lowest BCUT2D eigenvalue weighted by Gasteiger charge is -2.06. The molecule has 1 aromatic heterocycles. The average Bonchev–Trinajstić information content (AvgIpc) is 2.24. The van der Waals surface area contributed by atoms with Crippen LogP contribution in [-0.2, 0) is 16.6 Å². The second kappa shape index (κ2) is 4.41. The van der Waals surface area contributed by atoms with Gasteiger partial charge in [-0.2, -0.15) is 8.42 Å². The van der Waals surface area contributed by atoms with Crippen LogP contribution in [0.15, 0.2) is 30.3 Å². The molecule has 0 radical (unpaired) electrons. The fourth-order valence-electron chi connectivity index (χ4n) is 1.83. The number of aryl methyl sites for hydroxylation is 2. The maximum atomic E-state index is 12.5. The van der Waals surface area contributed by atoms with Gasteiger partial charge in [-0.3, -0.25) is 4.98 Å². The predicted molar refractivity (Wildman–Crippen MR) is 65.1 cm³/mol. The molecule has 0 saturated carbocycles. The molecule has 0 fully saturated rings. The van der Waals surface area contributed by atoms with Crippen molar-refractivity contribution in [1.82, 2.24) is 4.98 Å². The van der Waals surface area contributed by atoms with E-state index in [-0.39, 0.29) is 6.42 Å². The highest BCUT2D eigenvalue weighted by Gasteiger charge is 2.10. The summed E-state index contributed by atoms with van der Waals surface area (Å²) in [6, 6.07) is 9.24. The topological polar surface area (TPSA) is 47.0 Å². The van der Waals surface area contributed by atoms with E-state index in [0.717, 1.165) is 22.2 Å². The van der Waals surface area contributed by atoms with Crippen LogP contribution in [0.4, 0.5) is 3.89 Å². The van der Waals surface area contributed by atoms with Crippen molar-refractivity contribution in [2.75, 3.05) is 5.75 Å². The minimum absolute atomic E-state index is 0.169. The number of hydrogen-bond donors (Lipinski definition) is 0. The Morgan fingerprint density at radius 1 is 1.29 bits per heavy atom. The molecular weight excluding hydrogens is 241 g/mol. The van der Waals surface area contributed by atoms with Crippen molar-refractivity contribution in [3.05, 3.63) is 41.6 Å². The standard InChI is InChI=1S/C12H12FNO2S/c1-9-8-10(6-7-17(13,15)16)11-4-2-3-5-12(11)14-9/h2-5,8H,6-7H2,1H3. The van der Waals surface area contributed by atoms with Gasteiger partial charge < -0.3 is 0 Å². The van der Waals surface area contributed by atoms with Crippen LogP contribution in [0.3, 0.4) is 0 Å². The largest absolute Gasteiger partial charge is 0.302 e. The lowest BCUT2D eigenvalue weighted by atomic mass is 10.1.